The molecular weight excluding hydrogens is 246 g/mol. The smallest absolute Gasteiger partial charge is 0.191 e. The van der Waals surface area contributed by atoms with E-state index in [1.165, 1.54) is 25.0 Å². The summed E-state index contributed by atoms with van der Waals surface area (Å²) in [5.41, 5.74) is 4.13. The summed E-state index contributed by atoms with van der Waals surface area (Å²) in [5.74, 6) is 0.209. The number of hydrogen-bond donors (Lipinski definition) is 0. The first-order chi connectivity index (χ1) is 8.29. The molecule has 1 aliphatic carbocycles. The third kappa shape index (κ3) is 1.95. The van der Waals surface area contributed by atoms with Gasteiger partial charge < -0.3 is 4.90 Å². The lowest BCUT2D eigenvalue weighted by atomic mass is 10.1. The SMILES string of the molecule is CC1=C(N2CCCCC2)c2ccccc2C1=O.Cl. The molecule has 1 aliphatic heterocycles. The number of fused-ring (bicyclic) bond motifs is 1. The molecule has 2 aliphatic rings. The molecule has 3 rings (SSSR count). The lowest BCUT2D eigenvalue weighted by Gasteiger charge is -2.30. The molecule has 0 bridgehead atoms. The number of Topliss-reactive ketones (excluding diaryl/α,β-unsaturated/α-hetero) is 1. The molecule has 0 saturated carbocycles. The van der Waals surface area contributed by atoms with Crippen LogP contribution in [0.1, 0.15) is 42.1 Å². The summed E-state index contributed by atoms with van der Waals surface area (Å²) < 4.78 is 0. The molecule has 1 heterocycles. The maximum atomic E-state index is 12.2. The summed E-state index contributed by atoms with van der Waals surface area (Å²) in [6.45, 7) is 4.15. The zero-order chi connectivity index (χ0) is 11.8. The molecule has 2 nitrogen and oxygen atoms in total. The normalized spacial score (nSPS) is 18.7. The molecule has 0 atom stereocenters. The molecule has 0 N–H and O–H groups in total. The number of nitrogens with zero attached hydrogens (tertiary/aromatic N) is 1. The summed E-state index contributed by atoms with van der Waals surface area (Å²) in [6.07, 6.45) is 3.80. The van der Waals surface area contributed by atoms with E-state index in [1.807, 2.05) is 25.1 Å². The highest BCUT2D eigenvalue weighted by Crippen LogP contribution is 2.36. The van der Waals surface area contributed by atoms with Crippen LogP contribution < -0.4 is 0 Å². The molecule has 18 heavy (non-hydrogen) atoms. The molecule has 0 radical (unpaired) electrons. The predicted molar refractivity (Wildman–Crippen MR) is 76.0 cm³/mol. The zero-order valence-electron chi connectivity index (χ0n) is 10.6. The van der Waals surface area contributed by atoms with Crippen LogP contribution in [0.2, 0.25) is 0 Å². The fourth-order valence-corrected chi connectivity index (χ4v) is 2.92. The number of piperidine rings is 1. The molecule has 0 spiro atoms. The number of rotatable bonds is 1. The van der Waals surface area contributed by atoms with Crippen molar-refractivity contribution in [3.05, 3.63) is 41.0 Å². The topological polar surface area (TPSA) is 20.3 Å². The Hall–Kier alpha value is -1.28. The molecule has 1 saturated heterocycles. The maximum Gasteiger partial charge on any atom is 0.191 e. The van der Waals surface area contributed by atoms with E-state index < -0.39 is 0 Å². The fourth-order valence-electron chi connectivity index (χ4n) is 2.92. The van der Waals surface area contributed by atoms with Crippen LogP contribution in [-0.2, 0) is 0 Å². The van der Waals surface area contributed by atoms with Crippen LogP contribution in [0, 0.1) is 0 Å². The Morgan fingerprint density at radius 2 is 1.61 bits per heavy atom. The van der Waals surface area contributed by atoms with Crippen LogP contribution in [-0.4, -0.2) is 23.8 Å². The number of ketones is 1. The van der Waals surface area contributed by atoms with Crippen LogP contribution >= 0.6 is 12.4 Å². The Morgan fingerprint density at radius 1 is 1.00 bits per heavy atom. The minimum atomic E-state index is 0. The van der Waals surface area contributed by atoms with E-state index in [4.69, 9.17) is 0 Å². The average molecular weight is 264 g/mol. The fraction of sp³-hybridized carbons (Fsp3) is 0.400. The van der Waals surface area contributed by atoms with Gasteiger partial charge in [-0.2, -0.15) is 0 Å². The van der Waals surface area contributed by atoms with Gasteiger partial charge in [0.1, 0.15) is 0 Å². The van der Waals surface area contributed by atoms with Gasteiger partial charge in [0, 0.05) is 29.8 Å². The van der Waals surface area contributed by atoms with E-state index in [9.17, 15) is 4.79 Å². The summed E-state index contributed by atoms with van der Waals surface area (Å²) in [4.78, 5) is 14.6. The van der Waals surface area contributed by atoms with Gasteiger partial charge in [0.2, 0.25) is 0 Å². The Kier molecular flexibility index (Phi) is 3.76. The van der Waals surface area contributed by atoms with Crippen molar-refractivity contribution in [1.29, 1.82) is 0 Å². The first-order valence-corrected chi connectivity index (χ1v) is 6.39. The van der Waals surface area contributed by atoms with Crippen molar-refractivity contribution in [1.82, 2.24) is 4.90 Å². The zero-order valence-corrected chi connectivity index (χ0v) is 11.4. The third-order valence-electron chi connectivity index (χ3n) is 3.79. The highest BCUT2D eigenvalue weighted by atomic mass is 35.5. The maximum absolute atomic E-state index is 12.2. The van der Waals surface area contributed by atoms with Gasteiger partial charge in [-0.25, -0.2) is 0 Å². The number of carbonyl (C=O) groups is 1. The number of likely N-dealkylation sites (tertiary alicyclic amines) is 1. The van der Waals surface area contributed by atoms with Gasteiger partial charge in [0.25, 0.3) is 0 Å². The summed E-state index contributed by atoms with van der Waals surface area (Å²) in [5, 5.41) is 0. The van der Waals surface area contributed by atoms with Gasteiger partial charge in [-0.1, -0.05) is 24.3 Å². The van der Waals surface area contributed by atoms with Crippen LogP contribution in [0.25, 0.3) is 5.70 Å². The number of halogens is 1. The van der Waals surface area contributed by atoms with Crippen LogP contribution in [0.5, 0.6) is 0 Å². The Morgan fingerprint density at radius 3 is 2.28 bits per heavy atom. The highest BCUT2D eigenvalue weighted by Gasteiger charge is 2.30. The standard InChI is InChI=1S/C15H17NO.ClH/c1-11-14(16-9-5-2-6-10-16)12-7-3-4-8-13(12)15(11)17;/h3-4,7-8H,2,5-6,9-10H2,1H3;1H. The molecule has 0 amide bonds. The Balaban J connectivity index is 0.00000120. The quantitative estimate of drug-likeness (QED) is 0.773. The molecule has 1 aromatic rings. The Labute approximate surface area is 114 Å². The van der Waals surface area contributed by atoms with Crippen molar-refractivity contribution in [2.45, 2.75) is 26.2 Å². The molecular formula is C15H18ClNO. The lowest BCUT2D eigenvalue weighted by molar-refractivity contribution is 0.103. The first kappa shape index (κ1) is 13.2. The first-order valence-electron chi connectivity index (χ1n) is 6.39. The van der Waals surface area contributed by atoms with Gasteiger partial charge in [-0.3, -0.25) is 4.79 Å². The minimum Gasteiger partial charge on any atom is -0.371 e. The summed E-state index contributed by atoms with van der Waals surface area (Å²) >= 11 is 0. The lowest BCUT2D eigenvalue weighted by Crippen LogP contribution is -2.28. The monoisotopic (exact) mass is 263 g/mol. The largest absolute Gasteiger partial charge is 0.371 e. The minimum absolute atomic E-state index is 0. The summed E-state index contributed by atoms with van der Waals surface area (Å²) in [7, 11) is 0. The van der Waals surface area contributed by atoms with Crippen molar-refractivity contribution < 1.29 is 4.79 Å². The van der Waals surface area contributed by atoms with Crippen molar-refractivity contribution in [3.8, 4) is 0 Å². The van der Waals surface area contributed by atoms with Crippen molar-refractivity contribution in [3.63, 3.8) is 0 Å². The van der Waals surface area contributed by atoms with Gasteiger partial charge >= 0.3 is 0 Å². The van der Waals surface area contributed by atoms with Gasteiger partial charge in [0.15, 0.2) is 5.78 Å². The highest BCUT2D eigenvalue weighted by molar-refractivity contribution is 6.19. The number of carbonyl (C=O) groups excluding carboxylic acids is 1. The number of hydrogen-bond acceptors (Lipinski definition) is 2. The third-order valence-corrected chi connectivity index (χ3v) is 3.79. The molecule has 96 valence electrons. The molecule has 1 aromatic carbocycles. The Bertz CT molecular complexity index is 501. The van der Waals surface area contributed by atoms with E-state index in [0.717, 1.165) is 29.8 Å². The molecule has 1 fully saturated rings. The summed E-state index contributed by atoms with van der Waals surface area (Å²) in [6, 6.07) is 7.99. The van der Waals surface area contributed by atoms with E-state index in [0.29, 0.717) is 0 Å². The number of benzene rings is 1. The number of allylic oxidation sites excluding steroid dienone is 1. The second-order valence-electron chi connectivity index (χ2n) is 4.90. The van der Waals surface area contributed by atoms with Crippen LogP contribution in [0.4, 0.5) is 0 Å². The van der Waals surface area contributed by atoms with Crippen molar-refractivity contribution in [2.24, 2.45) is 0 Å². The second kappa shape index (κ2) is 5.15. The van der Waals surface area contributed by atoms with Crippen molar-refractivity contribution in [2.75, 3.05) is 13.1 Å². The second-order valence-corrected chi connectivity index (χ2v) is 4.90. The molecule has 3 heteroatoms. The van der Waals surface area contributed by atoms with E-state index >= 15 is 0 Å². The average Bonchev–Trinajstić information content (AvgIpc) is 2.64. The molecule has 0 unspecified atom stereocenters. The molecule has 0 aromatic heterocycles. The van der Waals surface area contributed by atoms with E-state index in [-0.39, 0.29) is 18.2 Å². The van der Waals surface area contributed by atoms with Crippen LogP contribution in [0.3, 0.4) is 0 Å². The van der Waals surface area contributed by atoms with Crippen molar-refractivity contribution >= 4 is 23.9 Å². The van der Waals surface area contributed by atoms with E-state index in [1.54, 1.807) is 0 Å². The van der Waals surface area contributed by atoms with Gasteiger partial charge in [-0.05, 0) is 26.2 Å². The predicted octanol–water partition coefficient (Wildman–Crippen LogP) is 3.52. The van der Waals surface area contributed by atoms with Crippen LogP contribution in [0.15, 0.2) is 29.8 Å². The van der Waals surface area contributed by atoms with Gasteiger partial charge in [0.05, 0.1) is 5.70 Å². The van der Waals surface area contributed by atoms with Gasteiger partial charge in [-0.15, -0.1) is 12.4 Å². The van der Waals surface area contributed by atoms with E-state index in [2.05, 4.69) is 11.0 Å².